The van der Waals surface area contributed by atoms with E-state index in [1.54, 1.807) is 30.0 Å². The minimum atomic E-state index is -0.603. The van der Waals surface area contributed by atoms with Crippen molar-refractivity contribution in [2.45, 2.75) is 18.3 Å². The quantitative estimate of drug-likeness (QED) is 0.847. The number of carbonyl (C=O) groups excluding carboxylic acids is 1. The summed E-state index contributed by atoms with van der Waals surface area (Å²) in [6.07, 6.45) is 3.44. The zero-order valence-corrected chi connectivity index (χ0v) is 12.3. The van der Waals surface area contributed by atoms with E-state index in [0.29, 0.717) is 17.8 Å². The molecule has 106 valence electrons. The van der Waals surface area contributed by atoms with E-state index in [9.17, 15) is 13.6 Å². The number of hydrogen-bond acceptors (Lipinski definition) is 1. The molecule has 1 aromatic heterocycles. The molecule has 0 saturated heterocycles. The summed E-state index contributed by atoms with van der Waals surface area (Å²) in [6, 6.07) is 5.12. The predicted octanol–water partition coefficient (Wildman–Crippen LogP) is 3.54. The topological polar surface area (TPSA) is 34.0 Å². The van der Waals surface area contributed by atoms with Gasteiger partial charge < -0.3 is 9.88 Å². The number of nitrogens with zero attached hydrogens (tertiary/aromatic N) is 1. The van der Waals surface area contributed by atoms with Crippen LogP contribution >= 0.6 is 15.9 Å². The molecule has 1 aromatic carbocycles. The average Bonchev–Trinajstić information content (AvgIpc) is 2.74. The van der Waals surface area contributed by atoms with Crippen LogP contribution in [0.25, 0.3) is 0 Å². The van der Waals surface area contributed by atoms with Gasteiger partial charge in [0.05, 0.1) is 10.5 Å². The fourth-order valence-electron chi connectivity index (χ4n) is 1.77. The zero-order valence-electron chi connectivity index (χ0n) is 10.7. The number of aromatic nitrogens is 1. The predicted molar refractivity (Wildman–Crippen MR) is 76.9 cm³/mol. The number of rotatable bonds is 4. The van der Waals surface area contributed by atoms with Crippen molar-refractivity contribution in [1.29, 1.82) is 0 Å². The van der Waals surface area contributed by atoms with Crippen LogP contribution < -0.4 is 5.32 Å². The van der Waals surface area contributed by atoms with E-state index in [4.69, 9.17) is 0 Å². The smallest absolute Gasteiger partial charge is 0.237 e. The van der Waals surface area contributed by atoms with Crippen molar-refractivity contribution >= 4 is 27.5 Å². The third-order valence-electron chi connectivity index (χ3n) is 2.67. The Balaban J connectivity index is 2.07. The normalized spacial score (nSPS) is 12.2. The number of anilines is 1. The van der Waals surface area contributed by atoms with Gasteiger partial charge in [-0.2, -0.15) is 0 Å². The highest BCUT2D eigenvalue weighted by Gasteiger charge is 2.09. The van der Waals surface area contributed by atoms with E-state index >= 15 is 0 Å². The van der Waals surface area contributed by atoms with Crippen LogP contribution in [0.4, 0.5) is 14.5 Å². The van der Waals surface area contributed by atoms with E-state index in [0.717, 1.165) is 6.07 Å². The van der Waals surface area contributed by atoms with Crippen molar-refractivity contribution in [1.82, 2.24) is 4.57 Å². The fourth-order valence-corrected chi connectivity index (χ4v) is 1.88. The van der Waals surface area contributed by atoms with Gasteiger partial charge in [0, 0.05) is 25.0 Å². The maximum absolute atomic E-state index is 13.1. The van der Waals surface area contributed by atoms with Gasteiger partial charge in [0.2, 0.25) is 5.91 Å². The van der Waals surface area contributed by atoms with E-state index in [-0.39, 0.29) is 10.7 Å². The third kappa shape index (κ3) is 3.90. The number of halogens is 3. The second-order valence-corrected chi connectivity index (χ2v) is 5.83. The standard InChI is InChI=1S/C14H13BrF2N2O/c1-9(15)14(20)18-13-2-3-19(8-13)7-10-4-11(16)6-12(17)5-10/h2-6,8-9H,7H2,1H3,(H,18,20). The molecule has 2 aromatic rings. The number of hydrogen-bond donors (Lipinski definition) is 1. The van der Waals surface area contributed by atoms with Crippen LogP contribution in [0, 0.1) is 11.6 Å². The molecule has 6 heteroatoms. The summed E-state index contributed by atoms with van der Waals surface area (Å²) in [6.45, 7) is 2.05. The lowest BCUT2D eigenvalue weighted by Crippen LogP contribution is -2.19. The highest BCUT2D eigenvalue weighted by Crippen LogP contribution is 2.14. The van der Waals surface area contributed by atoms with Gasteiger partial charge >= 0.3 is 0 Å². The van der Waals surface area contributed by atoms with Gasteiger partial charge in [0.1, 0.15) is 11.6 Å². The first-order chi connectivity index (χ1) is 9.44. The molecular formula is C14H13BrF2N2O. The van der Waals surface area contributed by atoms with Gasteiger partial charge in [-0.05, 0) is 30.7 Å². The van der Waals surface area contributed by atoms with Crippen LogP contribution in [0.1, 0.15) is 12.5 Å². The first-order valence-corrected chi connectivity index (χ1v) is 6.91. The van der Waals surface area contributed by atoms with Crippen molar-refractivity contribution in [3.63, 3.8) is 0 Å². The molecule has 1 unspecified atom stereocenters. The first kappa shape index (κ1) is 14.7. The Labute approximate surface area is 123 Å². The van der Waals surface area contributed by atoms with Crippen LogP contribution in [0.5, 0.6) is 0 Å². The van der Waals surface area contributed by atoms with Crippen molar-refractivity contribution in [3.05, 3.63) is 53.9 Å². The van der Waals surface area contributed by atoms with Gasteiger partial charge in [-0.1, -0.05) is 15.9 Å². The molecule has 1 atom stereocenters. The lowest BCUT2D eigenvalue weighted by atomic mass is 10.2. The monoisotopic (exact) mass is 342 g/mol. The molecule has 0 bridgehead atoms. The van der Waals surface area contributed by atoms with Gasteiger partial charge in [-0.3, -0.25) is 4.79 Å². The van der Waals surface area contributed by atoms with Crippen LogP contribution in [0.2, 0.25) is 0 Å². The Hall–Kier alpha value is -1.69. The number of nitrogens with one attached hydrogen (secondary N) is 1. The Morgan fingerprint density at radius 2 is 2.00 bits per heavy atom. The lowest BCUT2D eigenvalue weighted by molar-refractivity contribution is -0.115. The average molecular weight is 343 g/mol. The molecule has 2 rings (SSSR count). The maximum Gasteiger partial charge on any atom is 0.237 e. The van der Waals surface area contributed by atoms with Crippen LogP contribution in [-0.4, -0.2) is 15.3 Å². The maximum atomic E-state index is 13.1. The molecule has 0 aliphatic heterocycles. The van der Waals surface area contributed by atoms with Crippen LogP contribution in [-0.2, 0) is 11.3 Å². The molecule has 1 heterocycles. The number of benzene rings is 1. The van der Waals surface area contributed by atoms with Crippen molar-refractivity contribution in [2.75, 3.05) is 5.32 Å². The van der Waals surface area contributed by atoms with Gasteiger partial charge in [-0.15, -0.1) is 0 Å². The third-order valence-corrected chi connectivity index (χ3v) is 3.08. The first-order valence-electron chi connectivity index (χ1n) is 6.00. The van der Waals surface area contributed by atoms with E-state index in [2.05, 4.69) is 21.2 Å². The molecule has 0 saturated carbocycles. The minimum absolute atomic E-state index is 0.153. The van der Waals surface area contributed by atoms with Gasteiger partial charge in [-0.25, -0.2) is 8.78 Å². The Morgan fingerprint density at radius 1 is 1.35 bits per heavy atom. The Bertz CT molecular complexity index is 605. The molecule has 0 spiro atoms. The lowest BCUT2D eigenvalue weighted by Gasteiger charge is -2.05. The highest BCUT2D eigenvalue weighted by atomic mass is 79.9. The molecule has 0 aliphatic carbocycles. The summed E-state index contributed by atoms with van der Waals surface area (Å²) >= 11 is 3.17. The second kappa shape index (κ2) is 6.17. The highest BCUT2D eigenvalue weighted by molar-refractivity contribution is 9.10. The second-order valence-electron chi connectivity index (χ2n) is 4.46. The summed E-state index contributed by atoms with van der Waals surface area (Å²) in [5.74, 6) is -1.36. The Kier molecular flexibility index (Phi) is 4.54. The van der Waals surface area contributed by atoms with Gasteiger partial charge in [0.15, 0.2) is 0 Å². The van der Waals surface area contributed by atoms with Crippen molar-refractivity contribution in [3.8, 4) is 0 Å². The minimum Gasteiger partial charge on any atom is -0.348 e. The molecular weight excluding hydrogens is 330 g/mol. The van der Waals surface area contributed by atoms with E-state index in [1.165, 1.54) is 12.1 Å². The largest absolute Gasteiger partial charge is 0.348 e. The Morgan fingerprint density at radius 3 is 2.60 bits per heavy atom. The summed E-state index contributed by atoms with van der Waals surface area (Å²) < 4.78 is 27.9. The number of amides is 1. The summed E-state index contributed by atoms with van der Waals surface area (Å²) in [4.78, 5) is 11.2. The molecule has 0 aliphatic rings. The molecule has 1 amide bonds. The SMILES string of the molecule is CC(Br)C(=O)Nc1ccn(Cc2cc(F)cc(F)c2)c1. The van der Waals surface area contributed by atoms with Crippen LogP contribution in [0.15, 0.2) is 36.7 Å². The molecule has 20 heavy (non-hydrogen) atoms. The molecule has 1 N–H and O–H groups in total. The van der Waals surface area contributed by atoms with Crippen LogP contribution in [0.3, 0.4) is 0 Å². The fraction of sp³-hybridized carbons (Fsp3) is 0.214. The van der Waals surface area contributed by atoms with E-state index < -0.39 is 11.6 Å². The zero-order chi connectivity index (χ0) is 14.7. The summed E-state index contributed by atoms with van der Waals surface area (Å²) in [5, 5.41) is 2.72. The van der Waals surface area contributed by atoms with E-state index in [1.807, 2.05) is 0 Å². The molecule has 0 radical (unpaired) electrons. The number of carbonyl (C=O) groups is 1. The molecule has 0 fully saturated rings. The van der Waals surface area contributed by atoms with Crippen molar-refractivity contribution in [2.24, 2.45) is 0 Å². The van der Waals surface area contributed by atoms with Gasteiger partial charge in [0.25, 0.3) is 0 Å². The molecule has 3 nitrogen and oxygen atoms in total. The van der Waals surface area contributed by atoms with Crippen molar-refractivity contribution < 1.29 is 13.6 Å². The summed E-state index contributed by atoms with van der Waals surface area (Å²) in [5.41, 5.74) is 1.16. The summed E-state index contributed by atoms with van der Waals surface area (Å²) in [7, 11) is 0. The number of alkyl halides is 1.